The zero-order valence-corrected chi connectivity index (χ0v) is 20.0. The lowest BCUT2D eigenvalue weighted by Gasteiger charge is -2.26. The first kappa shape index (κ1) is 30.7. The van der Waals surface area contributed by atoms with Crippen LogP contribution in [0.25, 0.3) is 0 Å². The van der Waals surface area contributed by atoms with Crippen molar-refractivity contribution in [2.75, 3.05) is 39.5 Å². The standard InChI is InChI=1S/C8H18N2.C8H17NO.C8H16O2.H3N/c9-5-7-1-2-8(6-10)4-3-7;9-5-7-1-3-8(6-10)4-2-7;9-5-7-1-2-8(6-10)4-3-7;/h7-8H,1-6,9-10H2;7-8,10H,1-6,9H2;7-10H,1-6H2;1H3. The van der Waals surface area contributed by atoms with Gasteiger partial charge in [-0.2, -0.15) is 0 Å². The van der Waals surface area contributed by atoms with E-state index in [4.69, 9.17) is 32.5 Å². The molecule has 0 aromatic carbocycles. The molecule has 31 heavy (non-hydrogen) atoms. The number of hydrogen-bond donors (Lipinski definition) is 7. The molecule has 12 N–H and O–H groups in total. The summed E-state index contributed by atoms with van der Waals surface area (Å²) < 4.78 is 0. The van der Waals surface area contributed by atoms with Crippen molar-refractivity contribution in [3.8, 4) is 0 Å². The fourth-order valence-electron chi connectivity index (χ4n) is 4.95. The van der Waals surface area contributed by atoms with E-state index >= 15 is 0 Å². The molecule has 0 saturated heterocycles. The molecule has 0 aliphatic heterocycles. The van der Waals surface area contributed by atoms with E-state index in [0.29, 0.717) is 37.6 Å². The molecular formula is C24H54N4O3. The van der Waals surface area contributed by atoms with E-state index in [1.165, 1.54) is 51.4 Å². The largest absolute Gasteiger partial charge is 0.396 e. The van der Waals surface area contributed by atoms with Crippen molar-refractivity contribution in [3.05, 3.63) is 0 Å². The number of nitrogens with two attached hydrogens (primary N) is 3. The second-order valence-corrected chi connectivity index (χ2v) is 9.92. The highest BCUT2D eigenvalue weighted by molar-refractivity contribution is 4.73. The summed E-state index contributed by atoms with van der Waals surface area (Å²) in [5, 5.41) is 26.4. The maximum absolute atomic E-state index is 8.82. The van der Waals surface area contributed by atoms with E-state index in [1.54, 1.807) is 0 Å². The van der Waals surface area contributed by atoms with Crippen LogP contribution in [0.1, 0.15) is 77.0 Å². The van der Waals surface area contributed by atoms with Crippen LogP contribution in [0, 0.1) is 35.5 Å². The Morgan fingerprint density at radius 2 is 0.548 bits per heavy atom. The van der Waals surface area contributed by atoms with Crippen LogP contribution in [-0.4, -0.2) is 54.8 Å². The van der Waals surface area contributed by atoms with Crippen molar-refractivity contribution < 1.29 is 15.3 Å². The number of aliphatic hydroxyl groups is 3. The molecule has 0 atom stereocenters. The molecule has 0 amide bonds. The lowest BCUT2D eigenvalue weighted by Crippen LogP contribution is -2.25. The van der Waals surface area contributed by atoms with Gasteiger partial charge in [-0.15, -0.1) is 0 Å². The lowest BCUT2D eigenvalue weighted by molar-refractivity contribution is 0.131. The summed E-state index contributed by atoms with van der Waals surface area (Å²) >= 11 is 0. The fourth-order valence-corrected chi connectivity index (χ4v) is 4.95. The Kier molecular flexibility index (Phi) is 19.0. The first-order chi connectivity index (χ1) is 14.6. The van der Waals surface area contributed by atoms with Gasteiger partial charge in [-0.1, -0.05) is 0 Å². The molecule has 188 valence electrons. The van der Waals surface area contributed by atoms with Gasteiger partial charge < -0.3 is 38.7 Å². The predicted molar refractivity (Wildman–Crippen MR) is 130 cm³/mol. The highest BCUT2D eigenvalue weighted by Crippen LogP contribution is 2.28. The molecule has 0 heterocycles. The van der Waals surface area contributed by atoms with Gasteiger partial charge in [-0.25, -0.2) is 0 Å². The summed E-state index contributed by atoms with van der Waals surface area (Å²) in [7, 11) is 0. The average Bonchev–Trinajstić information content (AvgIpc) is 2.85. The van der Waals surface area contributed by atoms with Crippen molar-refractivity contribution in [1.82, 2.24) is 6.15 Å². The molecular weight excluding hydrogens is 392 g/mol. The summed E-state index contributed by atoms with van der Waals surface area (Å²) in [5.41, 5.74) is 16.6. The topological polar surface area (TPSA) is 174 Å². The minimum absolute atomic E-state index is 0. The summed E-state index contributed by atoms with van der Waals surface area (Å²) in [5.74, 6) is 3.93. The molecule has 0 radical (unpaired) electrons. The SMILES string of the molecule is N.NCC1CCC(CN)CC1.NCC1CCC(CO)CC1.OCC1CCC(CO)CC1. The van der Waals surface area contributed by atoms with Gasteiger partial charge in [0.05, 0.1) is 0 Å². The van der Waals surface area contributed by atoms with Gasteiger partial charge in [-0.3, -0.25) is 0 Å². The fraction of sp³-hybridized carbons (Fsp3) is 1.00. The second kappa shape index (κ2) is 19.2. The molecule has 3 aliphatic carbocycles. The Bertz CT molecular complexity index is 286. The van der Waals surface area contributed by atoms with E-state index < -0.39 is 0 Å². The summed E-state index contributed by atoms with van der Waals surface area (Å²) in [6, 6.07) is 0. The molecule has 0 bridgehead atoms. The Morgan fingerprint density at radius 1 is 0.387 bits per heavy atom. The Balaban J connectivity index is 0.000000429. The van der Waals surface area contributed by atoms with Gasteiger partial charge >= 0.3 is 0 Å². The number of aliphatic hydroxyl groups excluding tert-OH is 3. The molecule has 7 heteroatoms. The van der Waals surface area contributed by atoms with Crippen LogP contribution in [0.3, 0.4) is 0 Å². The molecule has 0 aromatic heterocycles. The van der Waals surface area contributed by atoms with Crippen molar-refractivity contribution >= 4 is 0 Å². The van der Waals surface area contributed by atoms with Crippen LogP contribution in [0.2, 0.25) is 0 Å². The second-order valence-electron chi connectivity index (χ2n) is 9.92. The minimum Gasteiger partial charge on any atom is -0.396 e. The Labute approximate surface area is 191 Å². The number of rotatable bonds is 6. The zero-order chi connectivity index (χ0) is 22.2. The maximum atomic E-state index is 8.82. The maximum Gasteiger partial charge on any atom is 0.0459 e. The van der Waals surface area contributed by atoms with Crippen molar-refractivity contribution in [2.45, 2.75) is 77.0 Å². The monoisotopic (exact) mass is 446 g/mol. The molecule has 3 aliphatic rings. The average molecular weight is 447 g/mol. The molecule has 3 saturated carbocycles. The van der Waals surface area contributed by atoms with Crippen LogP contribution in [0.4, 0.5) is 0 Å². The minimum atomic E-state index is 0. The van der Waals surface area contributed by atoms with Crippen LogP contribution in [0.15, 0.2) is 0 Å². The van der Waals surface area contributed by atoms with Crippen molar-refractivity contribution in [1.29, 1.82) is 0 Å². The third kappa shape index (κ3) is 13.1. The quantitative estimate of drug-likeness (QED) is 0.328. The Morgan fingerprint density at radius 3 is 0.677 bits per heavy atom. The van der Waals surface area contributed by atoms with Gasteiger partial charge in [0, 0.05) is 19.8 Å². The first-order valence-corrected chi connectivity index (χ1v) is 12.5. The van der Waals surface area contributed by atoms with Gasteiger partial charge in [-0.05, 0) is 132 Å². The summed E-state index contributed by atoms with van der Waals surface area (Å²) in [6.07, 6.45) is 14.4. The Hall–Kier alpha value is -0.280. The lowest BCUT2D eigenvalue weighted by atomic mass is 9.82. The van der Waals surface area contributed by atoms with Gasteiger partial charge in [0.15, 0.2) is 0 Å². The number of hydrogen-bond acceptors (Lipinski definition) is 7. The molecule has 3 fully saturated rings. The molecule has 0 unspecified atom stereocenters. The smallest absolute Gasteiger partial charge is 0.0459 e. The van der Waals surface area contributed by atoms with Crippen molar-refractivity contribution in [3.63, 3.8) is 0 Å². The molecule has 3 rings (SSSR count). The van der Waals surface area contributed by atoms with Crippen LogP contribution >= 0.6 is 0 Å². The van der Waals surface area contributed by atoms with Crippen LogP contribution in [-0.2, 0) is 0 Å². The predicted octanol–water partition coefficient (Wildman–Crippen LogP) is 2.39. The third-order valence-electron chi connectivity index (χ3n) is 7.67. The van der Waals surface area contributed by atoms with Gasteiger partial charge in [0.2, 0.25) is 0 Å². The first-order valence-electron chi connectivity index (χ1n) is 12.5. The zero-order valence-electron chi connectivity index (χ0n) is 20.0. The highest BCUT2D eigenvalue weighted by Gasteiger charge is 2.20. The molecule has 0 spiro atoms. The summed E-state index contributed by atoms with van der Waals surface area (Å²) in [4.78, 5) is 0. The van der Waals surface area contributed by atoms with E-state index in [1.807, 2.05) is 0 Å². The van der Waals surface area contributed by atoms with Crippen LogP contribution in [0.5, 0.6) is 0 Å². The van der Waals surface area contributed by atoms with Gasteiger partial charge in [0.25, 0.3) is 0 Å². The van der Waals surface area contributed by atoms with E-state index in [9.17, 15) is 0 Å². The third-order valence-corrected chi connectivity index (χ3v) is 7.67. The van der Waals surface area contributed by atoms with E-state index in [-0.39, 0.29) is 6.15 Å². The highest BCUT2D eigenvalue weighted by atomic mass is 16.3. The van der Waals surface area contributed by atoms with Gasteiger partial charge in [0.1, 0.15) is 0 Å². The van der Waals surface area contributed by atoms with E-state index in [2.05, 4.69) is 0 Å². The normalized spacial score (nSPS) is 33.1. The van der Waals surface area contributed by atoms with Crippen molar-refractivity contribution in [2.24, 2.45) is 52.7 Å². The summed E-state index contributed by atoms with van der Waals surface area (Å²) in [6.45, 7) is 3.61. The molecule has 7 nitrogen and oxygen atoms in total. The molecule has 0 aromatic rings. The van der Waals surface area contributed by atoms with Crippen LogP contribution < -0.4 is 23.4 Å². The van der Waals surface area contributed by atoms with E-state index in [0.717, 1.165) is 63.1 Å².